The molecule has 0 radical (unpaired) electrons. The van der Waals surface area contributed by atoms with E-state index in [0.29, 0.717) is 0 Å². The topological polar surface area (TPSA) is 29.1 Å². The van der Waals surface area contributed by atoms with Crippen LogP contribution in [0.3, 0.4) is 0 Å². The van der Waals surface area contributed by atoms with E-state index in [1.165, 1.54) is 0 Å². The van der Waals surface area contributed by atoms with Gasteiger partial charge in [0.05, 0.1) is 6.04 Å². The maximum Gasteiger partial charge on any atom is 0.224 e. The minimum absolute atomic E-state index is 0.0797. The molecule has 1 saturated carbocycles. The summed E-state index contributed by atoms with van der Waals surface area (Å²) in [6.45, 7) is 6.29. The summed E-state index contributed by atoms with van der Waals surface area (Å²) in [6.07, 6.45) is 8.19. The Bertz CT molecular complexity index is 262. The van der Waals surface area contributed by atoms with Crippen molar-refractivity contribution in [2.24, 2.45) is 11.3 Å². The number of rotatable bonds is 4. The maximum atomic E-state index is 11.7. The highest BCUT2D eigenvalue weighted by Crippen LogP contribution is 2.51. The van der Waals surface area contributed by atoms with Crippen LogP contribution in [0.1, 0.15) is 40.0 Å². The second-order valence-electron chi connectivity index (χ2n) is 4.76. The van der Waals surface area contributed by atoms with Crippen LogP contribution in [0.4, 0.5) is 0 Å². The quantitative estimate of drug-likeness (QED) is 0.679. The Balaban J connectivity index is 2.38. The molecule has 0 aromatic heterocycles. The fraction of sp³-hybridized carbons (Fsp3) is 0.750. The van der Waals surface area contributed by atoms with Gasteiger partial charge in [0.2, 0.25) is 5.91 Å². The average Bonchev–Trinajstić information content (AvgIpc) is 2.74. The average molecular weight is 193 g/mol. The smallest absolute Gasteiger partial charge is 0.224 e. The lowest BCUT2D eigenvalue weighted by Gasteiger charge is -2.12. The number of amides is 1. The lowest BCUT2D eigenvalue weighted by molar-refractivity contribution is -0.123. The highest BCUT2D eigenvalue weighted by Gasteiger charge is 2.50. The molecule has 0 aromatic carbocycles. The van der Waals surface area contributed by atoms with Gasteiger partial charge in [-0.05, 0) is 18.3 Å². The minimum atomic E-state index is -0.0797. The van der Waals surface area contributed by atoms with Crippen molar-refractivity contribution in [1.29, 1.82) is 0 Å². The molecule has 1 aliphatic carbocycles. The van der Waals surface area contributed by atoms with Gasteiger partial charge in [-0.1, -0.05) is 33.1 Å². The van der Waals surface area contributed by atoms with E-state index in [0.717, 1.165) is 19.3 Å². The van der Waals surface area contributed by atoms with Crippen LogP contribution in [0.15, 0.2) is 0 Å². The lowest BCUT2D eigenvalue weighted by Crippen LogP contribution is -2.35. The summed E-state index contributed by atoms with van der Waals surface area (Å²) in [5.74, 6) is 2.92. The molecule has 0 bridgehead atoms. The minimum Gasteiger partial charge on any atom is -0.342 e. The molecular weight excluding hydrogens is 174 g/mol. The first-order chi connectivity index (χ1) is 6.51. The molecule has 1 fully saturated rings. The molecule has 1 N–H and O–H groups in total. The third kappa shape index (κ3) is 2.51. The Morgan fingerprint density at radius 1 is 1.71 bits per heavy atom. The third-order valence-corrected chi connectivity index (χ3v) is 2.92. The molecule has 0 aromatic rings. The summed E-state index contributed by atoms with van der Waals surface area (Å²) in [5, 5.41) is 2.91. The van der Waals surface area contributed by atoms with Crippen LogP contribution in [0.5, 0.6) is 0 Å². The summed E-state index contributed by atoms with van der Waals surface area (Å²) >= 11 is 0. The van der Waals surface area contributed by atoms with Crippen LogP contribution in [0, 0.1) is 23.7 Å². The zero-order chi connectivity index (χ0) is 10.8. The predicted molar refractivity (Wildman–Crippen MR) is 57.6 cm³/mol. The zero-order valence-corrected chi connectivity index (χ0v) is 9.26. The van der Waals surface area contributed by atoms with E-state index in [1.54, 1.807) is 0 Å². The predicted octanol–water partition coefficient (Wildman–Crippen LogP) is 1.95. The summed E-state index contributed by atoms with van der Waals surface area (Å²) < 4.78 is 0. The second-order valence-corrected chi connectivity index (χ2v) is 4.76. The maximum absolute atomic E-state index is 11.7. The van der Waals surface area contributed by atoms with Gasteiger partial charge in [0, 0.05) is 5.92 Å². The number of carbonyl (C=O) groups excluding carboxylic acids is 1. The summed E-state index contributed by atoms with van der Waals surface area (Å²) in [6, 6.07) is -0.0797. The van der Waals surface area contributed by atoms with Crippen LogP contribution in [-0.4, -0.2) is 11.9 Å². The van der Waals surface area contributed by atoms with Crippen molar-refractivity contribution in [2.45, 2.75) is 46.1 Å². The molecule has 1 aliphatic rings. The molecule has 14 heavy (non-hydrogen) atoms. The van der Waals surface area contributed by atoms with E-state index in [1.807, 2.05) is 0 Å². The summed E-state index contributed by atoms with van der Waals surface area (Å²) in [5.41, 5.74) is 0.190. The highest BCUT2D eigenvalue weighted by molar-refractivity contribution is 5.82. The van der Waals surface area contributed by atoms with Crippen molar-refractivity contribution in [2.75, 3.05) is 0 Å². The monoisotopic (exact) mass is 193 g/mol. The number of nitrogens with one attached hydrogen (secondary N) is 1. The van der Waals surface area contributed by atoms with Crippen LogP contribution in [-0.2, 0) is 4.79 Å². The third-order valence-electron chi connectivity index (χ3n) is 2.92. The molecule has 0 heterocycles. The summed E-state index contributed by atoms with van der Waals surface area (Å²) in [4.78, 5) is 11.7. The number of carbonyl (C=O) groups is 1. The van der Waals surface area contributed by atoms with Crippen LogP contribution in [0.25, 0.3) is 0 Å². The Morgan fingerprint density at radius 2 is 2.29 bits per heavy atom. The van der Waals surface area contributed by atoms with E-state index in [-0.39, 0.29) is 23.3 Å². The molecule has 2 atom stereocenters. The van der Waals surface area contributed by atoms with Gasteiger partial charge in [-0.3, -0.25) is 4.79 Å². The number of hydrogen-bond acceptors (Lipinski definition) is 1. The summed E-state index contributed by atoms with van der Waals surface area (Å²) in [7, 11) is 0. The molecule has 2 unspecified atom stereocenters. The van der Waals surface area contributed by atoms with E-state index in [4.69, 9.17) is 6.42 Å². The molecule has 0 spiro atoms. The van der Waals surface area contributed by atoms with Crippen LogP contribution in [0.2, 0.25) is 0 Å². The number of terminal acetylenes is 1. The largest absolute Gasteiger partial charge is 0.342 e. The number of hydrogen-bond donors (Lipinski definition) is 1. The molecule has 2 nitrogen and oxygen atoms in total. The fourth-order valence-electron chi connectivity index (χ4n) is 1.67. The van der Waals surface area contributed by atoms with Crippen molar-refractivity contribution in [3.8, 4) is 12.3 Å². The SMILES string of the molecule is C#CC(CCC)NC(=O)C1CC1(C)C. The molecular formula is C12H19NO. The van der Waals surface area contributed by atoms with E-state index in [2.05, 4.69) is 32.0 Å². The van der Waals surface area contributed by atoms with Gasteiger partial charge in [-0.2, -0.15) is 0 Å². The lowest BCUT2D eigenvalue weighted by atomic mass is 10.1. The first-order valence-electron chi connectivity index (χ1n) is 5.27. The van der Waals surface area contributed by atoms with Crippen molar-refractivity contribution in [3.05, 3.63) is 0 Å². The van der Waals surface area contributed by atoms with Gasteiger partial charge in [0.1, 0.15) is 0 Å². The highest BCUT2D eigenvalue weighted by atomic mass is 16.2. The second kappa shape index (κ2) is 4.04. The van der Waals surface area contributed by atoms with Gasteiger partial charge < -0.3 is 5.32 Å². The molecule has 0 aliphatic heterocycles. The Morgan fingerprint density at radius 3 is 2.64 bits per heavy atom. The van der Waals surface area contributed by atoms with Crippen molar-refractivity contribution < 1.29 is 4.79 Å². The van der Waals surface area contributed by atoms with Gasteiger partial charge in [-0.25, -0.2) is 0 Å². The Kier molecular flexibility index (Phi) is 3.21. The molecule has 78 valence electrons. The Labute approximate surface area is 86.5 Å². The molecule has 1 amide bonds. The van der Waals surface area contributed by atoms with E-state index >= 15 is 0 Å². The van der Waals surface area contributed by atoms with Crippen LogP contribution >= 0.6 is 0 Å². The van der Waals surface area contributed by atoms with Crippen LogP contribution < -0.4 is 5.32 Å². The van der Waals surface area contributed by atoms with E-state index < -0.39 is 0 Å². The van der Waals surface area contributed by atoms with Gasteiger partial charge in [-0.15, -0.1) is 6.42 Å². The molecule has 2 heteroatoms. The van der Waals surface area contributed by atoms with Crippen molar-refractivity contribution in [3.63, 3.8) is 0 Å². The normalized spacial score (nSPS) is 24.9. The van der Waals surface area contributed by atoms with Gasteiger partial charge >= 0.3 is 0 Å². The van der Waals surface area contributed by atoms with E-state index in [9.17, 15) is 4.79 Å². The van der Waals surface area contributed by atoms with Crippen molar-refractivity contribution >= 4 is 5.91 Å². The fourth-order valence-corrected chi connectivity index (χ4v) is 1.67. The first-order valence-corrected chi connectivity index (χ1v) is 5.27. The molecule has 1 rings (SSSR count). The zero-order valence-electron chi connectivity index (χ0n) is 9.26. The van der Waals surface area contributed by atoms with Crippen molar-refractivity contribution in [1.82, 2.24) is 5.32 Å². The standard InChI is InChI=1S/C12H19NO/c1-5-7-9(6-2)13-11(14)10-8-12(10,3)4/h2,9-10H,5,7-8H2,1,3-4H3,(H,13,14). The molecule has 0 saturated heterocycles. The van der Waals surface area contributed by atoms with Gasteiger partial charge in [0.25, 0.3) is 0 Å². The Hall–Kier alpha value is -0.970. The van der Waals surface area contributed by atoms with Gasteiger partial charge in [0.15, 0.2) is 0 Å². The first kappa shape index (κ1) is 11.1.